The van der Waals surface area contributed by atoms with Crippen molar-refractivity contribution in [2.24, 2.45) is 28.6 Å². The van der Waals surface area contributed by atoms with E-state index in [2.05, 4.69) is 35.9 Å². The van der Waals surface area contributed by atoms with E-state index in [1.165, 1.54) is 5.57 Å². The molecule has 0 bridgehead atoms. The fourth-order valence-corrected chi connectivity index (χ4v) is 7.80. The Morgan fingerprint density at radius 1 is 1.24 bits per heavy atom. The maximum absolute atomic E-state index is 12.3. The van der Waals surface area contributed by atoms with Crippen LogP contribution in [0.3, 0.4) is 0 Å². The Labute approximate surface area is 158 Å². The zero-order valence-electron chi connectivity index (χ0n) is 15.2. The molecule has 4 heteroatoms. The summed E-state index contributed by atoms with van der Waals surface area (Å²) < 4.78 is 0. The van der Waals surface area contributed by atoms with E-state index in [0.717, 1.165) is 25.7 Å². The highest BCUT2D eigenvalue weighted by molar-refractivity contribution is 9.09. The van der Waals surface area contributed by atoms with E-state index in [4.69, 9.17) is 0 Å². The molecule has 0 saturated heterocycles. The van der Waals surface area contributed by atoms with Gasteiger partial charge in [-0.1, -0.05) is 41.4 Å². The molecule has 0 aliphatic heterocycles. The number of allylic oxidation sites excluding steroid dienone is 4. The molecule has 7 atom stereocenters. The molecule has 0 aromatic heterocycles. The molecule has 0 spiro atoms. The van der Waals surface area contributed by atoms with Crippen molar-refractivity contribution >= 4 is 27.5 Å². The molecule has 4 aliphatic carbocycles. The summed E-state index contributed by atoms with van der Waals surface area (Å²) in [7, 11) is 0. The van der Waals surface area contributed by atoms with Crippen LogP contribution in [-0.4, -0.2) is 27.1 Å². The number of Topliss-reactive ketones (excluding diaryl/α,β-unsaturated/α-hetero) is 1. The summed E-state index contributed by atoms with van der Waals surface area (Å²) in [6.07, 6.45) is 9.91. The van der Waals surface area contributed by atoms with Gasteiger partial charge in [0.05, 0.1) is 0 Å². The summed E-state index contributed by atoms with van der Waals surface area (Å²) in [5.41, 5.74) is -0.338. The minimum Gasteiger partial charge on any atom is -0.382 e. The highest BCUT2D eigenvalue weighted by atomic mass is 79.9. The number of aliphatic hydroxyl groups is 1. The lowest BCUT2D eigenvalue weighted by molar-refractivity contribution is -0.158. The summed E-state index contributed by atoms with van der Waals surface area (Å²) >= 11 is 3.93. The zero-order chi connectivity index (χ0) is 18.2. The van der Waals surface area contributed by atoms with Crippen LogP contribution in [0.5, 0.6) is 0 Å². The molecule has 0 radical (unpaired) electrons. The quantitative estimate of drug-likeness (QED) is 0.669. The average molecular weight is 407 g/mol. The summed E-state index contributed by atoms with van der Waals surface area (Å²) in [5, 5.41) is 11.2. The van der Waals surface area contributed by atoms with Crippen molar-refractivity contribution in [3.05, 3.63) is 23.8 Å². The van der Waals surface area contributed by atoms with E-state index in [1.54, 1.807) is 13.0 Å². The van der Waals surface area contributed by atoms with Gasteiger partial charge < -0.3 is 5.11 Å². The summed E-state index contributed by atoms with van der Waals surface area (Å²) in [5.74, 6) is 1.24. The minimum atomic E-state index is -1.18. The van der Waals surface area contributed by atoms with Gasteiger partial charge in [0.15, 0.2) is 11.6 Å². The van der Waals surface area contributed by atoms with Crippen molar-refractivity contribution in [1.29, 1.82) is 0 Å². The average Bonchev–Trinajstić information content (AvgIpc) is 2.82. The van der Waals surface area contributed by atoms with Gasteiger partial charge in [-0.2, -0.15) is 0 Å². The third-order valence-corrected chi connectivity index (χ3v) is 9.21. The molecule has 3 nitrogen and oxygen atoms in total. The Bertz CT molecular complexity index is 710. The van der Waals surface area contributed by atoms with Crippen LogP contribution in [-0.2, 0) is 9.59 Å². The smallest absolute Gasteiger partial charge is 0.178 e. The van der Waals surface area contributed by atoms with Crippen LogP contribution in [0.15, 0.2) is 23.8 Å². The van der Waals surface area contributed by atoms with Crippen molar-refractivity contribution in [1.82, 2.24) is 0 Å². The first-order valence-corrected chi connectivity index (χ1v) is 10.4. The van der Waals surface area contributed by atoms with E-state index >= 15 is 0 Å². The molecule has 136 valence electrons. The highest BCUT2D eigenvalue weighted by Crippen LogP contribution is 2.67. The third-order valence-electron chi connectivity index (χ3n) is 8.27. The number of carbonyl (C=O) groups is 2. The number of hydrogen-bond acceptors (Lipinski definition) is 3. The number of halogens is 1. The van der Waals surface area contributed by atoms with Crippen LogP contribution in [0.25, 0.3) is 0 Å². The Morgan fingerprint density at radius 3 is 2.60 bits per heavy atom. The van der Waals surface area contributed by atoms with Gasteiger partial charge in [-0.15, -0.1) is 0 Å². The van der Waals surface area contributed by atoms with Crippen LogP contribution in [0.4, 0.5) is 0 Å². The van der Waals surface area contributed by atoms with Crippen molar-refractivity contribution in [2.75, 3.05) is 0 Å². The van der Waals surface area contributed by atoms with Gasteiger partial charge in [0.1, 0.15) is 5.60 Å². The normalized spacial score (nSPS) is 51.4. The first-order chi connectivity index (χ1) is 11.6. The van der Waals surface area contributed by atoms with Gasteiger partial charge in [0.2, 0.25) is 0 Å². The van der Waals surface area contributed by atoms with Gasteiger partial charge in [-0.3, -0.25) is 9.59 Å². The molecule has 0 amide bonds. The molecule has 0 heterocycles. The van der Waals surface area contributed by atoms with E-state index in [0.29, 0.717) is 29.0 Å². The number of fused-ring (bicyclic) bond motifs is 5. The van der Waals surface area contributed by atoms with E-state index < -0.39 is 5.60 Å². The van der Waals surface area contributed by atoms with E-state index in [-0.39, 0.29) is 22.4 Å². The van der Waals surface area contributed by atoms with Crippen LogP contribution in [0, 0.1) is 28.6 Å². The lowest BCUT2D eigenvalue weighted by Crippen LogP contribution is -2.58. The predicted molar refractivity (Wildman–Crippen MR) is 100 cm³/mol. The van der Waals surface area contributed by atoms with Crippen molar-refractivity contribution < 1.29 is 14.7 Å². The molecule has 4 aliphatic rings. The van der Waals surface area contributed by atoms with Crippen molar-refractivity contribution in [3.8, 4) is 0 Å². The fourth-order valence-electron chi connectivity index (χ4n) is 6.72. The van der Waals surface area contributed by atoms with Gasteiger partial charge in [-0.05, 0) is 68.9 Å². The zero-order valence-corrected chi connectivity index (χ0v) is 16.8. The van der Waals surface area contributed by atoms with Crippen LogP contribution in [0.2, 0.25) is 0 Å². The topological polar surface area (TPSA) is 54.4 Å². The number of ketones is 2. The Kier molecular flexibility index (Phi) is 3.81. The molecule has 25 heavy (non-hydrogen) atoms. The van der Waals surface area contributed by atoms with Crippen LogP contribution in [0.1, 0.15) is 52.9 Å². The molecule has 3 saturated carbocycles. The minimum absolute atomic E-state index is 0.0683. The lowest BCUT2D eigenvalue weighted by atomic mass is 9.47. The first kappa shape index (κ1) is 17.7. The fraction of sp³-hybridized carbons (Fsp3) is 0.714. The third kappa shape index (κ3) is 2.13. The molecule has 1 N–H and O–H groups in total. The van der Waals surface area contributed by atoms with Gasteiger partial charge in [0, 0.05) is 15.7 Å². The second kappa shape index (κ2) is 5.39. The number of rotatable bonds is 1. The summed E-state index contributed by atoms with van der Waals surface area (Å²) in [6, 6.07) is 0. The summed E-state index contributed by atoms with van der Waals surface area (Å²) in [6.45, 7) is 5.95. The summed E-state index contributed by atoms with van der Waals surface area (Å²) in [4.78, 5) is 24.4. The second-order valence-electron chi connectivity index (χ2n) is 9.11. The van der Waals surface area contributed by atoms with Crippen molar-refractivity contribution in [3.63, 3.8) is 0 Å². The Morgan fingerprint density at radius 2 is 1.92 bits per heavy atom. The van der Waals surface area contributed by atoms with Crippen molar-refractivity contribution in [2.45, 2.75) is 63.3 Å². The molecule has 0 aromatic carbocycles. The first-order valence-electron chi connectivity index (χ1n) is 9.45. The SMILES string of the molecule is CC(=O)[C@@]1(O)CC[C@H]2[C@@H]3[C@H](Br)CC4=CC(=O)C=C[C@]4(C)[C@H]3CC[C@@]21C. The molecule has 3 fully saturated rings. The molecular weight excluding hydrogens is 380 g/mol. The second-order valence-corrected chi connectivity index (χ2v) is 10.3. The molecule has 0 unspecified atom stereocenters. The number of carbonyl (C=O) groups excluding carboxylic acids is 2. The maximum atomic E-state index is 12.3. The predicted octanol–water partition coefficient (Wildman–Crippen LogP) is 3.99. The molecule has 4 rings (SSSR count). The van der Waals surface area contributed by atoms with Gasteiger partial charge >= 0.3 is 0 Å². The number of alkyl halides is 1. The van der Waals surface area contributed by atoms with E-state index in [9.17, 15) is 14.7 Å². The Hall–Kier alpha value is -0.740. The Balaban J connectivity index is 1.76. The van der Waals surface area contributed by atoms with Crippen LogP contribution < -0.4 is 0 Å². The highest BCUT2D eigenvalue weighted by Gasteiger charge is 2.66. The van der Waals surface area contributed by atoms with Crippen LogP contribution >= 0.6 is 15.9 Å². The molecular formula is C21H27BrO3. The molecule has 0 aromatic rings. The standard InChI is InChI=1S/C21H27BrO3/c1-12(23)21(25)9-6-16-18-15(5-8-20(16,21)3)19(2)7-4-14(24)10-13(19)11-17(18)22/h4,7,10,15-18,25H,5-6,8-9,11H2,1-3H3/t15-,16-,17+,18+,19-,20-,21-/m0/s1. The lowest BCUT2D eigenvalue weighted by Gasteiger charge is -2.59. The number of hydrogen-bond donors (Lipinski definition) is 1. The maximum Gasteiger partial charge on any atom is 0.178 e. The van der Waals surface area contributed by atoms with Gasteiger partial charge in [-0.25, -0.2) is 0 Å². The monoisotopic (exact) mass is 406 g/mol. The van der Waals surface area contributed by atoms with E-state index in [1.807, 2.05) is 6.08 Å². The largest absolute Gasteiger partial charge is 0.382 e. The van der Waals surface area contributed by atoms with Gasteiger partial charge in [0.25, 0.3) is 0 Å².